The summed E-state index contributed by atoms with van der Waals surface area (Å²) in [5.74, 6) is -3.48. The van der Waals surface area contributed by atoms with Crippen molar-refractivity contribution in [1.29, 1.82) is 0 Å². The summed E-state index contributed by atoms with van der Waals surface area (Å²) in [4.78, 5) is 49.2. The average molecular weight is 398 g/mol. The molecule has 3 fully saturated rings. The maximum atomic E-state index is 12.6. The summed E-state index contributed by atoms with van der Waals surface area (Å²) in [6.07, 6.45) is 0.0494. The van der Waals surface area contributed by atoms with Gasteiger partial charge in [0.05, 0.1) is 12.8 Å². The molecule has 2 amide bonds. The van der Waals surface area contributed by atoms with Gasteiger partial charge in [0.25, 0.3) is 5.91 Å². The summed E-state index contributed by atoms with van der Waals surface area (Å²) in [5, 5.41) is 13.8. The van der Waals surface area contributed by atoms with Gasteiger partial charge in [-0.05, 0) is 5.56 Å². The molecule has 4 atom stereocenters. The number of nitrogens with one attached hydrogen (secondary N) is 1. The number of carbonyl (C=O) groups excluding carboxylic acids is 4. The molecule has 0 aliphatic carbocycles. The first-order valence-corrected chi connectivity index (χ1v) is 9.19. The van der Waals surface area contributed by atoms with E-state index in [1.807, 2.05) is 18.2 Å². The summed E-state index contributed by atoms with van der Waals surface area (Å²) >= 11 is 1.33. The minimum Gasteiger partial charge on any atom is -0.544 e. The van der Waals surface area contributed by atoms with Crippen LogP contribution in [0.2, 0.25) is 0 Å². The van der Waals surface area contributed by atoms with E-state index in [2.05, 4.69) is 5.32 Å². The van der Waals surface area contributed by atoms with E-state index in [0.717, 1.165) is 10.5 Å². The fourth-order valence-corrected chi connectivity index (χ4v) is 5.26. The van der Waals surface area contributed by atoms with Gasteiger partial charge in [0.1, 0.15) is 17.4 Å². The predicted molar refractivity (Wildman–Crippen MR) is 87.1 cm³/mol. The van der Waals surface area contributed by atoms with E-state index in [1.54, 1.807) is 12.1 Å². The average Bonchev–Trinajstić information content (AvgIpc) is 2.96. The monoisotopic (exact) mass is 398 g/mol. The van der Waals surface area contributed by atoms with Crippen LogP contribution in [0.1, 0.15) is 12.0 Å². The van der Waals surface area contributed by atoms with E-state index in [1.165, 1.54) is 11.8 Å². The predicted octanol–water partition coefficient (Wildman–Crippen LogP) is -4.36. The van der Waals surface area contributed by atoms with E-state index in [9.17, 15) is 24.3 Å². The molecule has 3 heterocycles. The number of hydrogen-bond donors (Lipinski definition) is 1. The van der Waals surface area contributed by atoms with Crippen molar-refractivity contribution in [3.05, 3.63) is 35.9 Å². The molecule has 27 heavy (non-hydrogen) atoms. The van der Waals surface area contributed by atoms with Gasteiger partial charge >= 0.3 is 35.5 Å². The molecule has 4 rings (SSSR count). The fraction of sp³-hybridized carbons (Fsp3) is 0.412. The molecule has 0 saturated carbocycles. The maximum Gasteiger partial charge on any atom is 1.00 e. The summed E-state index contributed by atoms with van der Waals surface area (Å²) in [7, 11) is 0. The van der Waals surface area contributed by atoms with Gasteiger partial charge < -0.3 is 20.0 Å². The number of nitrogens with zero attached hydrogens (tertiary/aromatic N) is 1. The summed E-state index contributed by atoms with van der Waals surface area (Å²) < 4.78 is 5.05. The van der Waals surface area contributed by atoms with E-state index in [4.69, 9.17) is 4.74 Å². The van der Waals surface area contributed by atoms with Crippen LogP contribution in [0.4, 0.5) is 0 Å². The third-order valence-electron chi connectivity index (χ3n) is 4.92. The van der Waals surface area contributed by atoms with Crippen molar-refractivity contribution >= 4 is 35.5 Å². The molecule has 0 spiro atoms. The molecule has 0 bridgehead atoms. The summed E-state index contributed by atoms with van der Waals surface area (Å²) in [6.45, 7) is 0. The minimum absolute atomic E-state index is 0. The number of hydrogen-bond acceptors (Lipinski definition) is 7. The van der Waals surface area contributed by atoms with Crippen molar-refractivity contribution in [2.24, 2.45) is 5.92 Å². The van der Waals surface area contributed by atoms with E-state index < -0.39 is 40.9 Å². The first-order chi connectivity index (χ1) is 12.4. The molecule has 136 valence electrons. The van der Waals surface area contributed by atoms with Crippen LogP contribution in [0.5, 0.6) is 0 Å². The van der Waals surface area contributed by atoms with Gasteiger partial charge in [0.2, 0.25) is 11.6 Å². The van der Waals surface area contributed by atoms with Gasteiger partial charge in [-0.15, -0.1) is 11.8 Å². The summed E-state index contributed by atoms with van der Waals surface area (Å²) in [6, 6.07) is 8.23. The second-order valence-corrected chi connectivity index (χ2v) is 7.65. The minimum atomic E-state index is -2.05. The van der Waals surface area contributed by atoms with E-state index in [-0.39, 0.29) is 48.3 Å². The molecule has 3 aliphatic heterocycles. The van der Waals surface area contributed by atoms with E-state index >= 15 is 0 Å². The molecule has 0 aromatic heterocycles. The molecule has 3 saturated heterocycles. The zero-order chi connectivity index (χ0) is 18.5. The number of fused-ring (bicyclic) bond motifs is 3. The Morgan fingerprint density at radius 2 is 2.00 bits per heavy atom. The van der Waals surface area contributed by atoms with Crippen molar-refractivity contribution in [2.75, 3.05) is 5.75 Å². The number of carboxylic acids is 1. The SMILES string of the molecule is O=C(Cc1ccccc1)N[C@@H]1C(=O)N2[C@@H]1SC[C@H]1CC(=O)O[C@]12C(=O)[O-].[Na+]. The zero-order valence-corrected chi connectivity index (χ0v) is 17.4. The molecule has 1 aromatic carbocycles. The van der Waals surface area contributed by atoms with Crippen LogP contribution in [0.15, 0.2) is 30.3 Å². The Bertz CT molecular complexity index is 806. The number of aliphatic carboxylic acids is 1. The number of ether oxygens (including phenoxy) is 1. The molecule has 1 aromatic rings. The molecular weight excluding hydrogens is 383 g/mol. The second-order valence-electron chi connectivity index (χ2n) is 6.50. The van der Waals surface area contributed by atoms with Gasteiger partial charge in [0.15, 0.2) is 0 Å². The number of benzene rings is 1. The van der Waals surface area contributed by atoms with Crippen LogP contribution >= 0.6 is 11.8 Å². The van der Waals surface area contributed by atoms with Crippen LogP contribution in [-0.4, -0.2) is 51.5 Å². The quantitative estimate of drug-likeness (QED) is 0.310. The van der Waals surface area contributed by atoms with Crippen LogP contribution in [-0.2, 0) is 30.3 Å². The number of rotatable bonds is 4. The normalized spacial score (nSPS) is 31.0. The van der Waals surface area contributed by atoms with Crippen LogP contribution in [0.3, 0.4) is 0 Å². The van der Waals surface area contributed by atoms with Crippen LogP contribution in [0.25, 0.3) is 0 Å². The van der Waals surface area contributed by atoms with Crippen molar-refractivity contribution < 1.29 is 58.6 Å². The molecule has 8 nitrogen and oxygen atoms in total. The van der Waals surface area contributed by atoms with E-state index in [0.29, 0.717) is 5.75 Å². The maximum absolute atomic E-state index is 12.6. The number of carboxylic acid groups (broad SMARTS) is 1. The Kier molecular flexibility index (Phi) is 5.58. The Morgan fingerprint density at radius 1 is 1.30 bits per heavy atom. The second kappa shape index (κ2) is 7.46. The van der Waals surface area contributed by atoms with Crippen LogP contribution < -0.4 is 40.0 Å². The summed E-state index contributed by atoms with van der Waals surface area (Å²) in [5.41, 5.74) is -1.24. The third-order valence-corrected chi connectivity index (χ3v) is 6.34. The third kappa shape index (κ3) is 3.16. The Balaban J connectivity index is 0.00000210. The van der Waals surface area contributed by atoms with Crippen LogP contribution in [0, 0.1) is 5.92 Å². The van der Waals surface area contributed by atoms with Gasteiger partial charge in [0, 0.05) is 11.7 Å². The Labute approximate surface area is 181 Å². The number of β-lactam (4-membered cyclic amide) rings is 1. The first-order valence-electron chi connectivity index (χ1n) is 8.15. The zero-order valence-electron chi connectivity index (χ0n) is 14.5. The number of amides is 2. The van der Waals surface area contributed by atoms with Gasteiger partial charge in [-0.1, -0.05) is 30.3 Å². The topological polar surface area (TPSA) is 116 Å². The van der Waals surface area contributed by atoms with Crippen molar-refractivity contribution in [2.45, 2.75) is 30.0 Å². The Hall–Kier alpha value is -1.55. The standard InChI is InChI=1S/C17H16N2O6S.Na/c20-11(6-9-4-2-1-3-5-9)18-13-14(22)19-15(13)26-8-10-7-12(21)25-17(10,19)16(23)24;/h1-5,10,13,15H,6-8H2,(H,18,20)(H,23,24);/q;+1/p-1/t10-,13-,15-,17+;/m1./s1. The Morgan fingerprint density at radius 3 is 2.67 bits per heavy atom. The smallest absolute Gasteiger partial charge is 0.544 e. The fourth-order valence-electron chi connectivity index (χ4n) is 3.70. The van der Waals surface area contributed by atoms with Gasteiger partial charge in [-0.2, -0.15) is 0 Å². The van der Waals surface area contributed by atoms with Crippen molar-refractivity contribution in [3.8, 4) is 0 Å². The molecule has 0 unspecified atom stereocenters. The molecule has 10 heteroatoms. The number of esters is 1. The van der Waals surface area contributed by atoms with Gasteiger partial charge in [-0.3, -0.25) is 19.3 Å². The molecule has 0 radical (unpaired) electrons. The molecule has 3 aliphatic rings. The number of thioether (sulfide) groups is 1. The first kappa shape index (κ1) is 20.2. The number of carbonyl (C=O) groups is 4. The van der Waals surface area contributed by atoms with Crippen molar-refractivity contribution in [3.63, 3.8) is 0 Å². The largest absolute Gasteiger partial charge is 1.00 e. The molecule has 1 N–H and O–H groups in total. The molecular formula is C17H15N2NaO6S. The van der Waals surface area contributed by atoms with Crippen molar-refractivity contribution in [1.82, 2.24) is 10.2 Å². The van der Waals surface area contributed by atoms with Gasteiger partial charge in [-0.25, -0.2) is 0 Å².